The maximum absolute atomic E-state index is 12.9. The van der Waals surface area contributed by atoms with Crippen LogP contribution in [-0.2, 0) is 19.6 Å². The molecule has 0 bridgehead atoms. The molecule has 2 aliphatic rings. The number of nitrogens with zero attached hydrogens (tertiary/aromatic N) is 1. The minimum atomic E-state index is -3.57. The number of rotatable bonds is 4. The SMILES string of the molecule is O=C1C[C@@]2([Se]c3ccccc3)CCN(S(=O)(=O)c3ccccc3)C[C@H]2O1. The molecule has 0 N–H and O–H groups in total. The molecule has 0 aliphatic carbocycles. The molecule has 7 heteroatoms. The number of hydrogen-bond donors (Lipinski definition) is 0. The van der Waals surface area contributed by atoms with Gasteiger partial charge in [-0.3, -0.25) is 0 Å². The van der Waals surface area contributed by atoms with E-state index < -0.39 is 10.0 Å². The van der Waals surface area contributed by atoms with Crippen LogP contribution in [0.2, 0.25) is 4.31 Å². The van der Waals surface area contributed by atoms with E-state index in [0.29, 0.717) is 19.4 Å². The van der Waals surface area contributed by atoms with Crippen LogP contribution in [0.25, 0.3) is 0 Å². The molecule has 0 saturated carbocycles. The molecule has 4 rings (SSSR count). The van der Waals surface area contributed by atoms with Gasteiger partial charge in [0.05, 0.1) is 0 Å². The maximum atomic E-state index is 12.9. The number of piperidine rings is 1. The third-order valence-electron chi connectivity index (χ3n) is 4.90. The monoisotopic (exact) mass is 437 g/mol. The first-order valence-corrected chi connectivity index (χ1v) is 11.6. The van der Waals surface area contributed by atoms with Gasteiger partial charge in [-0.05, 0) is 0 Å². The van der Waals surface area contributed by atoms with E-state index >= 15 is 0 Å². The van der Waals surface area contributed by atoms with Gasteiger partial charge in [-0.1, -0.05) is 0 Å². The number of ether oxygens (including phenoxy) is 1. The van der Waals surface area contributed by atoms with E-state index in [-0.39, 0.29) is 42.8 Å². The number of fused-ring (bicyclic) bond motifs is 1. The molecule has 2 fully saturated rings. The number of hydrogen-bond acceptors (Lipinski definition) is 4. The van der Waals surface area contributed by atoms with Crippen molar-refractivity contribution < 1.29 is 17.9 Å². The Morgan fingerprint density at radius 3 is 2.38 bits per heavy atom. The van der Waals surface area contributed by atoms with Crippen molar-refractivity contribution in [3.8, 4) is 0 Å². The van der Waals surface area contributed by atoms with Crippen LogP contribution in [0.4, 0.5) is 0 Å². The van der Waals surface area contributed by atoms with Gasteiger partial charge in [0.25, 0.3) is 0 Å². The molecular formula is C19H19NO4SSe. The topological polar surface area (TPSA) is 63.7 Å². The van der Waals surface area contributed by atoms with E-state index in [2.05, 4.69) is 12.1 Å². The second-order valence-electron chi connectivity index (χ2n) is 6.56. The Balaban J connectivity index is 1.59. The Hall–Kier alpha value is -1.66. The fourth-order valence-corrected chi connectivity index (χ4v) is 7.95. The molecular weight excluding hydrogens is 417 g/mol. The van der Waals surface area contributed by atoms with Crippen LogP contribution in [0.1, 0.15) is 12.8 Å². The standard InChI is InChI=1S/C19H19NO4SSe/c21-18-13-19(26-16-9-5-2-6-10-16)11-12-20(14-17(19)24-18)25(22,23)15-7-3-1-4-8-15/h1-10,17H,11-14H2/t17-,19+/m1/s1. The number of esters is 1. The summed E-state index contributed by atoms with van der Waals surface area (Å²) in [6, 6.07) is 18.5. The van der Waals surface area contributed by atoms with E-state index in [4.69, 9.17) is 4.74 Å². The van der Waals surface area contributed by atoms with Gasteiger partial charge in [0.2, 0.25) is 0 Å². The Bertz CT molecular complexity index is 904. The normalized spacial score (nSPS) is 26.3. The third kappa shape index (κ3) is 3.20. The van der Waals surface area contributed by atoms with Crippen LogP contribution in [0.3, 0.4) is 0 Å². The summed E-state index contributed by atoms with van der Waals surface area (Å²) in [7, 11) is -3.57. The zero-order valence-corrected chi connectivity index (χ0v) is 16.6. The van der Waals surface area contributed by atoms with Crippen molar-refractivity contribution in [3.63, 3.8) is 0 Å². The first-order chi connectivity index (χ1) is 12.5. The molecule has 0 unspecified atom stereocenters. The Labute approximate surface area is 159 Å². The summed E-state index contributed by atoms with van der Waals surface area (Å²) in [6.07, 6.45) is 0.651. The molecule has 0 spiro atoms. The fourth-order valence-electron chi connectivity index (χ4n) is 3.55. The summed E-state index contributed by atoms with van der Waals surface area (Å²) in [5, 5.41) is 0. The van der Waals surface area contributed by atoms with Gasteiger partial charge < -0.3 is 0 Å². The predicted octanol–water partition coefficient (Wildman–Crippen LogP) is 1.58. The number of benzene rings is 2. The number of sulfonamides is 1. The molecule has 136 valence electrons. The van der Waals surface area contributed by atoms with Gasteiger partial charge in [-0.25, -0.2) is 0 Å². The third-order valence-corrected chi connectivity index (χ3v) is 9.98. The van der Waals surface area contributed by atoms with Gasteiger partial charge in [0.1, 0.15) is 0 Å². The van der Waals surface area contributed by atoms with Gasteiger partial charge in [0.15, 0.2) is 0 Å². The van der Waals surface area contributed by atoms with Crippen LogP contribution in [-0.4, -0.2) is 52.8 Å². The van der Waals surface area contributed by atoms with Gasteiger partial charge in [-0.2, -0.15) is 0 Å². The summed E-state index contributed by atoms with van der Waals surface area (Å²) in [6.45, 7) is 0.649. The van der Waals surface area contributed by atoms with E-state index in [1.807, 2.05) is 18.2 Å². The van der Waals surface area contributed by atoms with Crippen molar-refractivity contribution in [3.05, 3.63) is 60.7 Å². The molecule has 2 aromatic carbocycles. The van der Waals surface area contributed by atoms with Crippen molar-refractivity contribution in [1.29, 1.82) is 0 Å². The Morgan fingerprint density at radius 2 is 1.69 bits per heavy atom. The average Bonchev–Trinajstić information content (AvgIpc) is 2.97. The van der Waals surface area contributed by atoms with Crippen LogP contribution in [0, 0.1) is 0 Å². The van der Waals surface area contributed by atoms with Crippen molar-refractivity contribution in [2.24, 2.45) is 0 Å². The van der Waals surface area contributed by atoms with Crippen LogP contribution in [0.5, 0.6) is 0 Å². The molecule has 0 amide bonds. The first-order valence-electron chi connectivity index (χ1n) is 8.48. The summed E-state index contributed by atoms with van der Waals surface area (Å²) in [5.74, 6) is -0.216. The number of carbonyl (C=O) groups is 1. The van der Waals surface area contributed by atoms with Crippen LogP contribution < -0.4 is 4.46 Å². The molecule has 5 nitrogen and oxygen atoms in total. The minimum absolute atomic E-state index is 0.0493. The Morgan fingerprint density at radius 1 is 1.04 bits per heavy atom. The van der Waals surface area contributed by atoms with Crippen molar-refractivity contribution in [2.75, 3.05) is 13.1 Å². The van der Waals surface area contributed by atoms with E-state index in [1.165, 1.54) is 8.77 Å². The number of carbonyl (C=O) groups excluding carboxylic acids is 1. The molecule has 0 aromatic heterocycles. The fraction of sp³-hybridized carbons (Fsp3) is 0.316. The van der Waals surface area contributed by atoms with E-state index in [0.717, 1.165) is 0 Å². The van der Waals surface area contributed by atoms with E-state index in [1.54, 1.807) is 30.3 Å². The van der Waals surface area contributed by atoms with Gasteiger partial charge in [-0.15, -0.1) is 0 Å². The zero-order chi connectivity index (χ0) is 18.2. The Kier molecular flexibility index (Phi) is 4.65. The van der Waals surface area contributed by atoms with Crippen LogP contribution in [0.15, 0.2) is 65.6 Å². The molecule has 26 heavy (non-hydrogen) atoms. The predicted molar refractivity (Wildman–Crippen MR) is 98.8 cm³/mol. The average molecular weight is 436 g/mol. The summed E-state index contributed by atoms with van der Waals surface area (Å²) < 4.78 is 33.8. The summed E-state index contributed by atoms with van der Waals surface area (Å²) >= 11 is 0.0493. The molecule has 2 aliphatic heterocycles. The summed E-state index contributed by atoms with van der Waals surface area (Å²) in [4.78, 5) is 12.3. The van der Waals surface area contributed by atoms with Crippen LogP contribution >= 0.6 is 0 Å². The van der Waals surface area contributed by atoms with Gasteiger partial charge >= 0.3 is 160 Å². The quantitative estimate of drug-likeness (QED) is 0.540. The van der Waals surface area contributed by atoms with Gasteiger partial charge in [0, 0.05) is 0 Å². The van der Waals surface area contributed by atoms with Crippen molar-refractivity contribution in [2.45, 2.75) is 28.2 Å². The molecule has 2 aromatic rings. The molecule has 0 radical (unpaired) electrons. The second-order valence-corrected chi connectivity index (χ2v) is 11.6. The molecule has 2 heterocycles. The molecule has 2 saturated heterocycles. The molecule has 2 atom stereocenters. The second kappa shape index (κ2) is 6.82. The zero-order valence-electron chi connectivity index (χ0n) is 14.1. The van der Waals surface area contributed by atoms with Crippen molar-refractivity contribution in [1.82, 2.24) is 4.31 Å². The first kappa shape index (κ1) is 17.7. The van der Waals surface area contributed by atoms with E-state index in [9.17, 15) is 13.2 Å². The summed E-state index contributed by atoms with van der Waals surface area (Å²) in [5.41, 5.74) is 0. The van der Waals surface area contributed by atoms with Crippen molar-refractivity contribution >= 4 is 35.4 Å².